The lowest BCUT2D eigenvalue weighted by molar-refractivity contribution is -0.374. The number of aromatic nitrogens is 1. The fourth-order valence-corrected chi connectivity index (χ4v) is 2.80. The number of methoxy groups -OCH3 is 1. The SMILES string of the molecule is COc1ccc(C(Cc2ccccc2)c2cccc(N)[nH+]2)cc1. The molecule has 0 radical (unpaired) electrons. The molecule has 3 rings (SSSR count). The van der Waals surface area contributed by atoms with Gasteiger partial charge in [-0.2, -0.15) is 0 Å². The largest absolute Gasteiger partial charge is 0.497 e. The van der Waals surface area contributed by atoms with Crippen LogP contribution >= 0.6 is 0 Å². The van der Waals surface area contributed by atoms with E-state index in [1.165, 1.54) is 11.1 Å². The Labute approximate surface area is 136 Å². The van der Waals surface area contributed by atoms with Crippen LogP contribution in [0.25, 0.3) is 0 Å². The monoisotopic (exact) mass is 305 g/mol. The van der Waals surface area contributed by atoms with Gasteiger partial charge < -0.3 is 4.74 Å². The summed E-state index contributed by atoms with van der Waals surface area (Å²) in [6.45, 7) is 0. The number of pyridine rings is 1. The lowest BCUT2D eigenvalue weighted by Crippen LogP contribution is -2.21. The summed E-state index contributed by atoms with van der Waals surface area (Å²) in [5.74, 6) is 1.75. The number of nitrogens with two attached hydrogens (primary N) is 1. The number of hydrogen-bond acceptors (Lipinski definition) is 2. The van der Waals surface area contributed by atoms with E-state index in [1.807, 2.05) is 30.3 Å². The summed E-state index contributed by atoms with van der Waals surface area (Å²) < 4.78 is 5.26. The summed E-state index contributed by atoms with van der Waals surface area (Å²) in [6, 6.07) is 24.7. The molecule has 0 saturated heterocycles. The minimum absolute atomic E-state index is 0.215. The Morgan fingerprint density at radius 2 is 1.65 bits per heavy atom. The molecule has 0 aliphatic carbocycles. The standard InChI is InChI=1S/C20H20N2O/c1-23-17-12-10-16(11-13-17)18(14-15-6-3-2-4-7-15)19-8-5-9-20(21)22-19/h2-13,18H,14H2,1H3,(H2,21,22)/p+1. The lowest BCUT2D eigenvalue weighted by Gasteiger charge is -2.16. The number of anilines is 1. The van der Waals surface area contributed by atoms with Crippen LogP contribution in [0.2, 0.25) is 0 Å². The second-order valence-corrected chi connectivity index (χ2v) is 5.58. The minimum atomic E-state index is 0.215. The highest BCUT2D eigenvalue weighted by Gasteiger charge is 2.18. The first-order valence-corrected chi connectivity index (χ1v) is 7.72. The number of rotatable bonds is 5. The predicted molar refractivity (Wildman–Crippen MR) is 92.4 cm³/mol. The van der Waals surface area contributed by atoms with E-state index >= 15 is 0 Å². The molecule has 1 aromatic heterocycles. The second kappa shape index (κ2) is 6.97. The quantitative estimate of drug-likeness (QED) is 0.784. The van der Waals surface area contributed by atoms with Gasteiger partial charge in [0, 0.05) is 12.0 Å². The first kappa shape index (κ1) is 15.1. The van der Waals surface area contributed by atoms with E-state index in [1.54, 1.807) is 7.11 Å². The summed E-state index contributed by atoms with van der Waals surface area (Å²) in [7, 11) is 1.68. The van der Waals surface area contributed by atoms with Crippen LogP contribution in [0, 0.1) is 0 Å². The molecule has 0 fully saturated rings. The van der Waals surface area contributed by atoms with Gasteiger partial charge in [0.1, 0.15) is 11.4 Å². The number of nitrogen functional groups attached to an aromatic ring is 1. The minimum Gasteiger partial charge on any atom is -0.497 e. The van der Waals surface area contributed by atoms with E-state index in [-0.39, 0.29) is 5.92 Å². The molecule has 116 valence electrons. The second-order valence-electron chi connectivity index (χ2n) is 5.58. The number of hydrogen-bond donors (Lipinski definition) is 1. The van der Waals surface area contributed by atoms with Gasteiger partial charge in [-0.15, -0.1) is 0 Å². The summed E-state index contributed by atoms with van der Waals surface area (Å²) >= 11 is 0. The third-order valence-electron chi connectivity index (χ3n) is 4.02. The summed E-state index contributed by atoms with van der Waals surface area (Å²) in [4.78, 5) is 3.30. The zero-order chi connectivity index (χ0) is 16.1. The maximum absolute atomic E-state index is 5.94. The molecule has 0 bridgehead atoms. The van der Waals surface area contributed by atoms with Gasteiger partial charge in [0.15, 0.2) is 0 Å². The molecule has 1 atom stereocenters. The highest BCUT2D eigenvalue weighted by atomic mass is 16.5. The molecule has 3 N–H and O–H groups in total. The van der Waals surface area contributed by atoms with Crippen molar-refractivity contribution < 1.29 is 9.72 Å². The molecule has 2 aromatic carbocycles. The lowest BCUT2D eigenvalue weighted by atomic mass is 9.89. The molecule has 3 aromatic rings. The maximum Gasteiger partial charge on any atom is 0.270 e. The highest BCUT2D eigenvalue weighted by Crippen LogP contribution is 2.27. The number of nitrogens with one attached hydrogen (secondary N) is 1. The van der Waals surface area contributed by atoms with E-state index in [0.717, 1.165) is 17.9 Å². The Balaban J connectivity index is 1.98. The van der Waals surface area contributed by atoms with Crippen molar-refractivity contribution in [3.8, 4) is 5.75 Å². The number of aromatic amines is 1. The topological polar surface area (TPSA) is 49.4 Å². The van der Waals surface area contributed by atoms with Gasteiger partial charge in [-0.1, -0.05) is 48.5 Å². The van der Waals surface area contributed by atoms with Crippen molar-refractivity contribution in [3.63, 3.8) is 0 Å². The maximum atomic E-state index is 5.94. The molecule has 3 heteroatoms. The first-order chi connectivity index (χ1) is 11.3. The van der Waals surface area contributed by atoms with Crippen LogP contribution < -0.4 is 15.5 Å². The molecule has 3 nitrogen and oxygen atoms in total. The zero-order valence-corrected chi connectivity index (χ0v) is 13.2. The Morgan fingerprint density at radius 1 is 0.913 bits per heavy atom. The summed E-state index contributed by atoms with van der Waals surface area (Å²) in [5, 5.41) is 0. The van der Waals surface area contributed by atoms with E-state index < -0.39 is 0 Å². The van der Waals surface area contributed by atoms with Crippen molar-refractivity contribution in [1.29, 1.82) is 0 Å². The number of H-pyrrole nitrogens is 1. The Morgan fingerprint density at radius 3 is 2.30 bits per heavy atom. The third kappa shape index (κ3) is 3.69. The molecular formula is C20H21N2O+. The molecule has 0 amide bonds. The van der Waals surface area contributed by atoms with Gasteiger partial charge in [0.2, 0.25) is 0 Å². The van der Waals surface area contributed by atoms with Crippen LogP contribution in [0.4, 0.5) is 5.82 Å². The highest BCUT2D eigenvalue weighted by molar-refractivity contribution is 5.35. The fourth-order valence-electron chi connectivity index (χ4n) is 2.80. The van der Waals surface area contributed by atoms with E-state index in [4.69, 9.17) is 10.5 Å². The van der Waals surface area contributed by atoms with Gasteiger partial charge in [-0.05, 0) is 35.7 Å². The van der Waals surface area contributed by atoms with Crippen molar-refractivity contribution in [3.05, 3.63) is 89.6 Å². The first-order valence-electron chi connectivity index (χ1n) is 7.72. The molecule has 23 heavy (non-hydrogen) atoms. The van der Waals surface area contributed by atoms with Gasteiger partial charge >= 0.3 is 0 Å². The normalized spacial score (nSPS) is 11.9. The molecule has 0 aliphatic heterocycles. The Kier molecular flexibility index (Phi) is 4.57. The van der Waals surface area contributed by atoms with Crippen molar-refractivity contribution >= 4 is 5.82 Å². The molecule has 0 spiro atoms. The zero-order valence-electron chi connectivity index (χ0n) is 13.2. The van der Waals surface area contributed by atoms with Gasteiger partial charge in [0.05, 0.1) is 7.11 Å². The van der Waals surface area contributed by atoms with Crippen molar-refractivity contribution in [2.45, 2.75) is 12.3 Å². The third-order valence-corrected chi connectivity index (χ3v) is 4.02. The Bertz CT molecular complexity index is 754. The van der Waals surface area contributed by atoms with E-state index in [2.05, 4.69) is 47.4 Å². The van der Waals surface area contributed by atoms with Crippen LogP contribution in [0.3, 0.4) is 0 Å². The smallest absolute Gasteiger partial charge is 0.270 e. The summed E-state index contributed by atoms with van der Waals surface area (Å²) in [6.07, 6.45) is 0.910. The Hall–Kier alpha value is -2.81. The van der Waals surface area contributed by atoms with Crippen LogP contribution in [-0.4, -0.2) is 7.11 Å². The van der Waals surface area contributed by atoms with Gasteiger partial charge in [0.25, 0.3) is 5.82 Å². The van der Waals surface area contributed by atoms with Crippen LogP contribution in [0.5, 0.6) is 5.75 Å². The number of benzene rings is 2. The summed E-state index contributed by atoms with van der Waals surface area (Å²) in [5.41, 5.74) is 9.58. The van der Waals surface area contributed by atoms with Crippen molar-refractivity contribution in [1.82, 2.24) is 0 Å². The van der Waals surface area contributed by atoms with Crippen LogP contribution in [0.1, 0.15) is 22.7 Å². The average molecular weight is 305 g/mol. The molecular weight excluding hydrogens is 284 g/mol. The van der Waals surface area contributed by atoms with E-state index in [9.17, 15) is 0 Å². The average Bonchev–Trinajstić information content (AvgIpc) is 2.61. The predicted octanol–water partition coefficient (Wildman–Crippen LogP) is 3.47. The van der Waals surface area contributed by atoms with Gasteiger partial charge in [-0.25, -0.2) is 4.98 Å². The molecule has 1 heterocycles. The van der Waals surface area contributed by atoms with Crippen LogP contribution in [0.15, 0.2) is 72.8 Å². The van der Waals surface area contributed by atoms with Crippen molar-refractivity contribution in [2.75, 3.05) is 12.8 Å². The van der Waals surface area contributed by atoms with E-state index in [0.29, 0.717) is 5.82 Å². The number of ether oxygens (including phenoxy) is 1. The fraction of sp³-hybridized carbons (Fsp3) is 0.150. The molecule has 0 aliphatic rings. The van der Waals surface area contributed by atoms with Gasteiger partial charge in [-0.3, -0.25) is 5.73 Å². The molecule has 0 saturated carbocycles. The van der Waals surface area contributed by atoms with Crippen molar-refractivity contribution in [2.24, 2.45) is 0 Å². The van der Waals surface area contributed by atoms with Crippen LogP contribution in [-0.2, 0) is 6.42 Å². The molecule has 1 unspecified atom stereocenters.